The molecule has 0 aromatic heterocycles. The van der Waals surface area contributed by atoms with Crippen molar-refractivity contribution in [3.63, 3.8) is 0 Å². The summed E-state index contributed by atoms with van der Waals surface area (Å²) < 4.78 is 6.15. The van der Waals surface area contributed by atoms with Crippen LogP contribution in [0.4, 0.5) is 17.1 Å². The Bertz CT molecular complexity index is 1920. The van der Waals surface area contributed by atoms with Crippen molar-refractivity contribution in [1.29, 1.82) is 0 Å². The second-order valence-corrected chi connectivity index (χ2v) is 13.3. The summed E-state index contributed by atoms with van der Waals surface area (Å²) in [5.41, 5.74) is 6.11. The molecule has 2 saturated heterocycles. The van der Waals surface area contributed by atoms with Crippen LogP contribution in [-0.4, -0.2) is 46.9 Å². The zero-order valence-corrected chi connectivity index (χ0v) is 27.6. The molecule has 4 N–H and O–H groups in total. The number of rotatable bonds is 10. The van der Waals surface area contributed by atoms with Crippen LogP contribution in [0.5, 0.6) is 5.75 Å². The molecule has 2 amide bonds. The van der Waals surface area contributed by atoms with Gasteiger partial charge in [0.25, 0.3) is 0 Å². The number of anilines is 3. The van der Waals surface area contributed by atoms with Gasteiger partial charge in [-0.3, -0.25) is 14.5 Å². The fourth-order valence-electron chi connectivity index (χ4n) is 8.11. The number of allylic oxidation sites excluding steroid dienone is 1. The second-order valence-electron chi connectivity index (χ2n) is 13.3. The number of hydrogen-bond donors (Lipinski definition) is 4. The molecule has 8 nitrogen and oxygen atoms in total. The van der Waals surface area contributed by atoms with Gasteiger partial charge in [-0.05, 0) is 102 Å². The Morgan fingerprint density at radius 1 is 0.898 bits per heavy atom. The SMILES string of the molecule is CCC/C(=C\c1ccc(O)c2ccccc12)CC[C@H]1OB(O)C[C@H]2C1=C(CO)C[C@H]1C(=O)N(c3ccc(Nc4ccccc4)cc3)C(=O)[C@H]12. The van der Waals surface area contributed by atoms with E-state index in [1.165, 1.54) is 10.5 Å². The third-order valence-electron chi connectivity index (χ3n) is 10.3. The van der Waals surface area contributed by atoms with Crippen molar-refractivity contribution in [1.82, 2.24) is 0 Å². The van der Waals surface area contributed by atoms with Crippen LogP contribution in [0.3, 0.4) is 0 Å². The molecular weight excluding hydrogens is 615 g/mol. The number of nitrogens with zero attached hydrogens (tertiary/aromatic N) is 1. The van der Waals surface area contributed by atoms with Gasteiger partial charge in [0.1, 0.15) is 5.75 Å². The van der Waals surface area contributed by atoms with Crippen LogP contribution in [0.1, 0.15) is 44.6 Å². The predicted octanol–water partition coefficient (Wildman–Crippen LogP) is 7.25. The van der Waals surface area contributed by atoms with E-state index in [-0.39, 0.29) is 36.9 Å². The summed E-state index contributed by atoms with van der Waals surface area (Å²) in [6, 6.07) is 28.5. The quantitative estimate of drug-likeness (QED) is 0.0807. The Morgan fingerprint density at radius 3 is 2.35 bits per heavy atom. The molecule has 2 heterocycles. The first-order chi connectivity index (χ1) is 23.9. The number of para-hydroxylation sites is 1. The summed E-state index contributed by atoms with van der Waals surface area (Å²) >= 11 is 0. The number of imide groups is 1. The number of aliphatic hydroxyl groups is 1. The molecule has 9 heteroatoms. The number of phenols is 1. The molecule has 49 heavy (non-hydrogen) atoms. The molecule has 0 unspecified atom stereocenters. The first-order valence-electron chi connectivity index (χ1n) is 17.2. The third-order valence-corrected chi connectivity index (χ3v) is 10.3. The van der Waals surface area contributed by atoms with E-state index >= 15 is 0 Å². The average molecular weight is 657 g/mol. The highest BCUT2D eigenvalue weighted by Gasteiger charge is 2.57. The highest BCUT2D eigenvalue weighted by molar-refractivity contribution is 6.43. The summed E-state index contributed by atoms with van der Waals surface area (Å²) in [6.07, 6.45) is 5.23. The molecule has 0 radical (unpaired) electrons. The molecule has 3 aliphatic rings. The molecule has 0 spiro atoms. The minimum absolute atomic E-state index is 0.195. The lowest BCUT2D eigenvalue weighted by Gasteiger charge is -2.43. The van der Waals surface area contributed by atoms with Gasteiger partial charge in [0.2, 0.25) is 11.8 Å². The van der Waals surface area contributed by atoms with Crippen molar-refractivity contribution in [2.45, 2.75) is 51.5 Å². The lowest BCUT2D eigenvalue weighted by atomic mass is 9.58. The van der Waals surface area contributed by atoms with Gasteiger partial charge < -0.3 is 25.2 Å². The Kier molecular flexibility index (Phi) is 9.41. The van der Waals surface area contributed by atoms with Gasteiger partial charge in [-0.2, -0.15) is 0 Å². The van der Waals surface area contributed by atoms with E-state index in [4.69, 9.17) is 4.65 Å². The van der Waals surface area contributed by atoms with Gasteiger partial charge in [-0.1, -0.05) is 73.5 Å². The van der Waals surface area contributed by atoms with Crippen LogP contribution < -0.4 is 10.2 Å². The van der Waals surface area contributed by atoms with E-state index in [9.17, 15) is 24.8 Å². The highest BCUT2D eigenvalue weighted by atomic mass is 16.5. The van der Waals surface area contributed by atoms with E-state index in [0.717, 1.165) is 51.7 Å². The van der Waals surface area contributed by atoms with Crippen LogP contribution in [-0.2, 0) is 14.2 Å². The average Bonchev–Trinajstić information content (AvgIpc) is 3.37. The van der Waals surface area contributed by atoms with Crippen LogP contribution in [0, 0.1) is 17.8 Å². The van der Waals surface area contributed by atoms with Crippen molar-refractivity contribution >= 4 is 52.8 Å². The maximum atomic E-state index is 14.1. The number of nitrogens with one attached hydrogen (secondary N) is 1. The number of carbonyl (C=O) groups is 2. The van der Waals surface area contributed by atoms with Crippen LogP contribution in [0.2, 0.25) is 6.32 Å². The lowest BCUT2D eigenvalue weighted by molar-refractivity contribution is -0.122. The van der Waals surface area contributed by atoms with Gasteiger partial charge in [0.15, 0.2) is 0 Å². The van der Waals surface area contributed by atoms with E-state index < -0.39 is 31.0 Å². The van der Waals surface area contributed by atoms with E-state index in [1.807, 2.05) is 72.8 Å². The molecule has 0 saturated carbocycles. The maximum absolute atomic E-state index is 14.1. The number of amides is 2. The molecule has 2 fully saturated rings. The zero-order valence-electron chi connectivity index (χ0n) is 27.6. The molecule has 4 aromatic carbocycles. The van der Waals surface area contributed by atoms with E-state index in [2.05, 4.69) is 18.3 Å². The van der Waals surface area contributed by atoms with Crippen molar-refractivity contribution in [3.05, 3.63) is 113 Å². The van der Waals surface area contributed by atoms with Crippen LogP contribution >= 0.6 is 0 Å². The van der Waals surface area contributed by atoms with Crippen LogP contribution in [0.25, 0.3) is 16.8 Å². The fourth-order valence-corrected chi connectivity index (χ4v) is 8.11. The highest BCUT2D eigenvalue weighted by Crippen LogP contribution is 2.51. The van der Waals surface area contributed by atoms with Crippen molar-refractivity contribution in [2.24, 2.45) is 17.8 Å². The minimum atomic E-state index is -1.09. The monoisotopic (exact) mass is 656 g/mol. The molecule has 4 aromatic rings. The molecule has 7 rings (SSSR count). The minimum Gasteiger partial charge on any atom is -0.507 e. The predicted molar refractivity (Wildman–Crippen MR) is 193 cm³/mol. The molecule has 0 bridgehead atoms. The summed E-state index contributed by atoms with van der Waals surface area (Å²) in [5, 5.41) is 37.0. The first kappa shape index (κ1) is 32.8. The van der Waals surface area contributed by atoms with Crippen LogP contribution in [0.15, 0.2) is 108 Å². The number of hydrogen-bond acceptors (Lipinski definition) is 7. The van der Waals surface area contributed by atoms with Gasteiger partial charge in [-0.25, -0.2) is 0 Å². The Hall–Kier alpha value is -4.70. The zero-order chi connectivity index (χ0) is 34.1. The summed E-state index contributed by atoms with van der Waals surface area (Å²) in [6.45, 7) is 1.90. The van der Waals surface area contributed by atoms with Gasteiger partial charge in [0.05, 0.1) is 30.2 Å². The number of aliphatic hydroxyl groups excluding tert-OH is 1. The smallest absolute Gasteiger partial charge is 0.455 e. The van der Waals surface area contributed by atoms with Gasteiger partial charge in [-0.15, -0.1) is 0 Å². The number of phenolic OH excluding ortho intramolecular Hbond substituents is 1. The first-order valence-corrected chi connectivity index (χ1v) is 17.2. The molecular formula is C40H41BN2O6. The maximum Gasteiger partial charge on any atom is 0.455 e. The number of carbonyl (C=O) groups excluding carboxylic acids is 2. The summed E-state index contributed by atoms with van der Waals surface area (Å²) in [5.74, 6) is -1.93. The summed E-state index contributed by atoms with van der Waals surface area (Å²) in [4.78, 5) is 29.3. The Balaban J connectivity index is 1.13. The lowest BCUT2D eigenvalue weighted by Crippen LogP contribution is -2.46. The topological polar surface area (TPSA) is 119 Å². The number of benzene rings is 4. The fraction of sp³-hybridized carbons (Fsp3) is 0.300. The number of fused-ring (bicyclic) bond motifs is 4. The third kappa shape index (κ3) is 6.42. The second kappa shape index (κ2) is 14.0. The van der Waals surface area contributed by atoms with Crippen molar-refractivity contribution < 1.29 is 29.5 Å². The molecule has 4 atom stereocenters. The largest absolute Gasteiger partial charge is 0.507 e. The van der Waals surface area contributed by atoms with Crippen molar-refractivity contribution in [3.8, 4) is 5.75 Å². The molecule has 250 valence electrons. The molecule has 1 aliphatic carbocycles. The van der Waals surface area contributed by atoms with E-state index in [1.54, 1.807) is 18.2 Å². The molecule has 2 aliphatic heterocycles. The Labute approximate surface area is 286 Å². The van der Waals surface area contributed by atoms with Gasteiger partial charge >= 0.3 is 7.12 Å². The number of aromatic hydroxyl groups is 1. The summed E-state index contributed by atoms with van der Waals surface area (Å²) in [7, 11) is -1.09. The standard InChI is InChI=1S/C40H41BN2O6/c1-2-8-25(21-26-14-19-35(45)32-12-7-6-11-31(26)32)13-20-36-37-27(24-44)22-33-38(34(37)23-41(48)49-36)40(47)43(39(33)46)30-17-15-29(16-18-30)42-28-9-4-3-5-10-28/h3-7,9-12,14-19,21,33-34,36,38,42,44-45,48H,2,8,13,20,22-24H2,1H3/b25-21+/t33-,34+,36-,38-/m1/s1. The van der Waals surface area contributed by atoms with Gasteiger partial charge in [0, 0.05) is 16.8 Å². The van der Waals surface area contributed by atoms with Crippen molar-refractivity contribution in [2.75, 3.05) is 16.8 Å². The normalized spacial score (nSPS) is 22.5. The van der Waals surface area contributed by atoms with E-state index in [0.29, 0.717) is 18.5 Å². The Morgan fingerprint density at radius 2 is 1.61 bits per heavy atom.